The standard InChI is InChI=1S/C7H12N6O/c8-5(14)1-2-11-6-3-10-4-7(12-6)13-9/h3-4H,1-2,9H2,(H2,8,14)(H2,11,12,13). The van der Waals surface area contributed by atoms with Gasteiger partial charge in [-0.05, 0) is 0 Å². The molecule has 1 aromatic heterocycles. The number of carbonyl (C=O) groups excluding carboxylic acids is 1. The molecule has 0 aliphatic carbocycles. The third-order valence-corrected chi connectivity index (χ3v) is 1.46. The molecule has 7 nitrogen and oxygen atoms in total. The molecule has 1 amide bonds. The van der Waals surface area contributed by atoms with Gasteiger partial charge in [-0.2, -0.15) is 0 Å². The van der Waals surface area contributed by atoms with Crippen molar-refractivity contribution >= 4 is 17.5 Å². The zero-order chi connectivity index (χ0) is 10.4. The van der Waals surface area contributed by atoms with Crippen LogP contribution in [0, 0.1) is 0 Å². The molecule has 0 aliphatic heterocycles. The van der Waals surface area contributed by atoms with Crippen LogP contribution >= 0.6 is 0 Å². The highest BCUT2D eigenvalue weighted by molar-refractivity contribution is 5.74. The largest absolute Gasteiger partial charge is 0.370 e. The van der Waals surface area contributed by atoms with Crippen molar-refractivity contribution in [3.05, 3.63) is 12.4 Å². The summed E-state index contributed by atoms with van der Waals surface area (Å²) >= 11 is 0. The van der Waals surface area contributed by atoms with E-state index < -0.39 is 0 Å². The Kier molecular flexibility index (Phi) is 3.62. The fourth-order valence-electron chi connectivity index (χ4n) is 0.834. The predicted molar refractivity (Wildman–Crippen MR) is 52.1 cm³/mol. The molecule has 1 aromatic rings. The molecule has 7 heteroatoms. The van der Waals surface area contributed by atoms with Crippen molar-refractivity contribution in [1.29, 1.82) is 0 Å². The van der Waals surface area contributed by atoms with Crippen LogP contribution in [0.5, 0.6) is 0 Å². The SMILES string of the molecule is NNc1cncc(NCCC(N)=O)n1. The molecule has 76 valence electrons. The Bertz CT molecular complexity index is 315. The van der Waals surface area contributed by atoms with Crippen molar-refractivity contribution < 1.29 is 4.79 Å². The molecule has 0 unspecified atom stereocenters. The lowest BCUT2D eigenvalue weighted by molar-refractivity contribution is -0.117. The Labute approximate surface area is 80.9 Å². The number of rotatable bonds is 5. The Morgan fingerprint density at radius 1 is 1.43 bits per heavy atom. The number of nitrogens with two attached hydrogens (primary N) is 2. The van der Waals surface area contributed by atoms with E-state index in [0.29, 0.717) is 18.2 Å². The first-order valence-corrected chi connectivity index (χ1v) is 4.03. The normalized spacial score (nSPS) is 9.50. The molecule has 0 spiro atoms. The summed E-state index contributed by atoms with van der Waals surface area (Å²) in [7, 11) is 0. The minimum absolute atomic E-state index is 0.252. The Hall–Kier alpha value is -1.89. The summed E-state index contributed by atoms with van der Waals surface area (Å²) in [6, 6.07) is 0. The van der Waals surface area contributed by atoms with Crippen LogP contribution in [0.3, 0.4) is 0 Å². The predicted octanol–water partition coefficient (Wildman–Crippen LogP) is -0.950. The van der Waals surface area contributed by atoms with Gasteiger partial charge >= 0.3 is 0 Å². The van der Waals surface area contributed by atoms with Gasteiger partial charge in [-0.15, -0.1) is 0 Å². The van der Waals surface area contributed by atoms with E-state index in [-0.39, 0.29) is 12.3 Å². The van der Waals surface area contributed by atoms with Crippen LogP contribution in [0.2, 0.25) is 0 Å². The highest BCUT2D eigenvalue weighted by Crippen LogP contribution is 2.04. The molecule has 0 fully saturated rings. The molecular weight excluding hydrogens is 184 g/mol. The van der Waals surface area contributed by atoms with Crippen molar-refractivity contribution in [2.24, 2.45) is 11.6 Å². The second-order valence-electron chi connectivity index (χ2n) is 2.58. The Morgan fingerprint density at radius 2 is 2.14 bits per heavy atom. The van der Waals surface area contributed by atoms with Crippen LogP contribution in [-0.2, 0) is 4.79 Å². The van der Waals surface area contributed by atoms with Gasteiger partial charge in [0.2, 0.25) is 5.91 Å². The van der Waals surface area contributed by atoms with Gasteiger partial charge in [0.15, 0.2) is 5.82 Å². The highest BCUT2D eigenvalue weighted by atomic mass is 16.1. The van der Waals surface area contributed by atoms with Crippen LogP contribution < -0.4 is 22.3 Å². The number of nitrogens with one attached hydrogen (secondary N) is 2. The Balaban J connectivity index is 2.46. The number of aromatic nitrogens is 2. The topological polar surface area (TPSA) is 119 Å². The second-order valence-corrected chi connectivity index (χ2v) is 2.58. The van der Waals surface area contributed by atoms with Crippen LogP contribution in [0.1, 0.15) is 6.42 Å². The average Bonchev–Trinajstić information content (AvgIpc) is 2.18. The maximum Gasteiger partial charge on any atom is 0.219 e. The van der Waals surface area contributed by atoms with Crippen LogP contribution in [-0.4, -0.2) is 22.4 Å². The van der Waals surface area contributed by atoms with Crippen molar-refractivity contribution in [1.82, 2.24) is 9.97 Å². The van der Waals surface area contributed by atoms with Gasteiger partial charge < -0.3 is 16.5 Å². The monoisotopic (exact) mass is 196 g/mol. The van der Waals surface area contributed by atoms with E-state index >= 15 is 0 Å². The van der Waals surface area contributed by atoms with Crippen molar-refractivity contribution in [2.45, 2.75) is 6.42 Å². The third kappa shape index (κ3) is 3.23. The van der Waals surface area contributed by atoms with Gasteiger partial charge in [-0.1, -0.05) is 0 Å². The Morgan fingerprint density at radius 3 is 2.79 bits per heavy atom. The van der Waals surface area contributed by atoms with Crippen LogP contribution in [0.15, 0.2) is 12.4 Å². The lowest BCUT2D eigenvalue weighted by atomic mass is 10.4. The van der Waals surface area contributed by atoms with E-state index in [1.807, 2.05) is 0 Å². The van der Waals surface area contributed by atoms with Crippen molar-refractivity contribution in [3.8, 4) is 0 Å². The number of hydrogen-bond acceptors (Lipinski definition) is 6. The smallest absolute Gasteiger partial charge is 0.219 e. The van der Waals surface area contributed by atoms with Gasteiger partial charge in [0.25, 0.3) is 0 Å². The maximum atomic E-state index is 10.4. The lowest BCUT2D eigenvalue weighted by Crippen LogP contribution is -2.16. The van der Waals surface area contributed by atoms with E-state index in [1.54, 1.807) is 0 Å². The summed E-state index contributed by atoms with van der Waals surface area (Å²) in [4.78, 5) is 18.3. The van der Waals surface area contributed by atoms with Gasteiger partial charge in [0, 0.05) is 13.0 Å². The van der Waals surface area contributed by atoms with Gasteiger partial charge in [0.1, 0.15) is 5.82 Å². The van der Waals surface area contributed by atoms with Crippen LogP contribution in [0.4, 0.5) is 11.6 Å². The number of carbonyl (C=O) groups is 1. The minimum Gasteiger partial charge on any atom is -0.370 e. The number of hydrazine groups is 1. The number of amides is 1. The second kappa shape index (κ2) is 4.97. The molecule has 0 saturated heterocycles. The fraction of sp³-hybridized carbons (Fsp3) is 0.286. The number of primary amides is 1. The zero-order valence-electron chi connectivity index (χ0n) is 7.53. The van der Waals surface area contributed by atoms with Crippen molar-refractivity contribution in [2.75, 3.05) is 17.3 Å². The molecule has 0 bridgehead atoms. The van der Waals surface area contributed by atoms with Crippen LogP contribution in [0.25, 0.3) is 0 Å². The first-order valence-electron chi connectivity index (χ1n) is 4.03. The average molecular weight is 196 g/mol. The summed E-state index contributed by atoms with van der Waals surface area (Å²) in [6.07, 6.45) is 3.27. The summed E-state index contributed by atoms with van der Waals surface area (Å²) < 4.78 is 0. The number of hydrogen-bond donors (Lipinski definition) is 4. The molecule has 0 atom stereocenters. The molecule has 1 rings (SSSR count). The van der Waals surface area contributed by atoms with E-state index in [0.717, 1.165) is 0 Å². The quantitative estimate of drug-likeness (QED) is 0.356. The number of nitrogens with zero attached hydrogens (tertiary/aromatic N) is 2. The first kappa shape index (κ1) is 10.2. The number of anilines is 2. The van der Waals surface area contributed by atoms with Crippen molar-refractivity contribution in [3.63, 3.8) is 0 Å². The zero-order valence-corrected chi connectivity index (χ0v) is 7.53. The highest BCUT2D eigenvalue weighted by Gasteiger charge is 1.97. The molecule has 0 aromatic carbocycles. The van der Waals surface area contributed by atoms with Gasteiger partial charge in [0.05, 0.1) is 12.4 Å². The molecule has 0 radical (unpaired) electrons. The molecule has 14 heavy (non-hydrogen) atoms. The third-order valence-electron chi connectivity index (χ3n) is 1.46. The first-order chi connectivity index (χ1) is 6.72. The minimum atomic E-state index is -0.362. The van der Waals surface area contributed by atoms with E-state index in [2.05, 4.69) is 20.7 Å². The molecular formula is C7H12N6O. The summed E-state index contributed by atoms with van der Waals surface area (Å²) in [5.74, 6) is 5.77. The van der Waals surface area contributed by atoms with E-state index in [1.165, 1.54) is 12.4 Å². The fourth-order valence-corrected chi connectivity index (χ4v) is 0.834. The molecule has 0 aliphatic rings. The molecule has 1 heterocycles. The lowest BCUT2D eigenvalue weighted by Gasteiger charge is -2.04. The van der Waals surface area contributed by atoms with Gasteiger partial charge in [-0.3, -0.25) is 9.78 Å². The van der Waals surface area contributed by atoms with E-state index in [4.69, 9.17) is 11.6 Å². The summed E-state index contributed by atoms with van der Waals surface area (Å²) in [5, 5.41) is 2.88. The van der Waals surface area contributed by atoms with Gasteiger partial charge in [-0.25, -0.2) is 10.8 Å². The number of nitrogen functional groups attached to an aromatic ring is 1. The molecule has 6 N–H and O–H groups in total. The molecule has 0 saturated carbocycles. The summed E-state index contributed by atoms with van der Waals surface area (Å²) in [6.45, 7) is 0.429. The van der Waals surface area contributed by atoms with E-state index in [9.17, 15) is 4.79 Å². The maximum absolute atomic E-state index is 10.4. The summed E-state index contributed by atoms with van der Waals surface area (Å²) in [5.41, 5.74) is 7.33.